The number of carbonyl (C=O) groups excluding carboxylic acids is 1. The minimum absolute atomic E-state index is 0.0525. The van der Waals surface area contributed by atoms with E-state index in [-0.39, 0.29) is 17.5 Å². The number of hydrogen-bond acceptors (Lipinski definition) is 2. The Bertz CT molecular complexity index is 501. The number of amides is 1. The molecule has 0 atom stereocenters. The van der Waals surface area contributed by atoms with E-state index in [1.807, 2.05) is 0 Å². The van der Waals surface area contributed by atoms with Gasteiger partial charge in [0.1, 0.15) is 17.3 Å². The molecule has 3 nitrogen and oxygen atoms in total. The summed E-state index contributed by atoms with van der Waals surface area (Å²) in [6.45, 7) is 0.705. The molecule has 2 fully saturated rings. The summed E-state index contributed by atoms with van der Waals surface area (Å²) >= 11 is 0. The fourth-order valence-corrected chi connectivity index (χ4v) is 2.24. The van der Waals surface area contributed by atoms with Crippen molar-refractivity contribution in [2.24, 2.45) is 5.92 Å². The van der Waals surface area contributed by atoms with Gasteiger partial charge in [0.05, 0.1) is 0 Å². The lowest BCUT2D eigenvalue weighted by atomic mass is 10.1. The number of benzene rings is 1. The first kappa shape index (κ1) is 12.4. The van der Waals surface area contributed by atoms with Crippen molar-refractivity contribution in [2.45, 2.75) is 31.7 Å². The van der Waals surface area contributed by atoms with Gasteiger partial charge >= 0.3 is 0 Å². The van der Waals surface area contributed by atoms with Gasteiger partial charge in [-0.3, -0.25) is 4.79 Å². The Morgan fingerprint density at radius 2 is 1.79 bits per heavy atom. The van der Waals surface area contributed by atoms with Crippen LogP contribution in [0.15, 0.2) is 12.1 Å². The average molecular weight is 266 g/mol. The third-order valence-corrected chi connectivity index (χ3v) is 3.73. The van der Waals surface area contributed by atoms with E-state index in [0.29, 0.717) is 12.5 Å². The number of halogens is 2. The quantitative estimate of drug-likeness (QED) is 0.851. The van der Waals surface area contributed by atoms with Crippen LogP contribution < -0.4 is 5.73 Å². The van der Waals surface area contributed by atoms with Crippen LogP contribution in [0.25, 0.3) is 0 Å². The Labute approximate surface area is 110 Å². The van der Waals surface area contributed by atoms with Crippen molar-refractivity contribution in [1.82, 2.24) is 4.90 Å². The van der Waals surface area contributed by atoms with Crippen LogP contribution in [-0.2, 0) is 0 Å². The molecular formula is C14H16F2N2O. The Hall–Kier alpha value is -1.65. The smallest absolute Gasteiger partial charge is 0.254 e. The number of anilines is 1. The normalized spacial score (nSPS) is 18.4. The molecule has 0 saturated heterocycles. The minimum Gasteiger partial charge on any atom is -0.394 e. The molecule has 5 heteroatoms. The third kappa shape index (κ3) is 2.55. The Kier molecular flexibility index (Phi) is 2.92. The van der Waals surface area contributed by atoms with Gasteiger partial charge in [0.25, 0.3) is 5.91 Å². The highest BCUT2D eigenvalue weighted by Crippen LogP contribution is 2.35. The first-order valence-electron chi connectivity index (χ1n) is 6.61. The number of carbonyl (C=O) groups is 1. The molecule has 2 N–H and O–H groups in total. The van der Waals surface area contributed by atoms with Gasteiger partial charge < -0.3 is 10.6 Å². The van der Waals surface area contributed by atoms with Crippen LogP contribution in [0, 0.1) is 17.6 Å². The largest absolute Gasteiger partial charge is 0.394 e. The van der Waals surface area contributed by atoms with Gasteiger partial charge in [-0.15, -0.1) is 0 Å². The maximum absolute atomic E-state index is 13.4. The predicted molar refractivity (Wildman–Crippen MR) is 67.6 cm³/mol. The summed E-state index contributed by atoms with van der Waals surface area (Å²) in [6, 6.07) is 2.31. The summed E-state index contributed by atoms with van der Waals surface area (Å²) in [5.41, 5.74) is 4.74. The summed E-state index contributed by atoms with van der Waals surface area (Å²) in [7, 11) is 0. The third-order valence-electron chi connectivity index (χ3n) is 3.73. The number of nitrogen functional groups attached to an aromatic ring is 1. The first-order chi connectivity index (χ1) is 9.06. The van der Waals surface area contributed by atoms with E-state index in [0.717, 1.165) is 37.8 Å². The van der Waals surface area contributed by atoms with Crippen LogP contribution >= 0.6 is 0 Å². The van der Waals surface area contributed by atoms with Crippen molar-refractivity contribution in [2.75, 3.05) is 12.3 Å². The van der Waals surface area contributed by atoms with Crippen molar-refractivity contribution < 1.29 is 13.6 Å². The second-order valence-corrected chi connectivity index (χ2v) is 5.49. The summed E-state index contributed by atoms with van der Waals surface area (Å²) in [5, 5.41) is 0. The average Bonchev–Trinajstić information content (AvgIpc) is 3.24. The SMILES string of the molecule is Nc1c(F)cc(C(=O)N(CC2CC2)C2CC2)cc1F. The van der Waals surface area contributed by atoms with E-state index >= 15 is 0 Å². The van der Waals surface area contributed by atoms with Gasteiger partial charge in [-0.2, -0.15) is 0 Å². The molecule has 1 amide bonds. The van der Waals surface area contributed by atoms with Gasteiger partial charge in [-0.25, -0.2) is 8.78 Å². The lowest BCUT2D eigenvalue weighted by Crippen LogP contribution is -2.35. The zero-order valence-corrected chi connectivity index (χ0v) is 10.5. The molecule has 2 aliphatic rings. The molecule has 2 saturated carbocycles. The zero-order chi connectivity index (χ0) is 13.6. The molecule has 0 unspecified atom stereocenters. The molecule has 0 bridgehead atoms. The second kappa shape index (κ2) is 4.47. The van der Waals surface area contributed by atoms with Crippen LogP contribution in [0.5, 0.6) is 0 Å². The highest BCUT2D eigenvalue weighted by atomic mass is 19.1. The molecule has 1 aromatic rings. The van der Waals surface area contributed by atoms with Gasteiger partial charge in [0, 0.05) is 18.2 Å². The van der Waals surface area contributed by atoms with Gasteiger partial charge in [0.2, 0.25) is 0 Å². The lowest BCUT2D eigenvalue weighted by molar-refractivity contribution is 0.0734. The molecule has 0 radical (unpaired) electrons. The Morgan fingerprint density at radius 3 is 2.26 bits per heavy atom. The van der Waals surface area contributed by atoms with Crippen LogP contribution in [0.2, 0.25) is 0 Å². The fraction of sp³-hybridized carbons (Fsp3) is 0.500. The van der Waals surface area contributed by atoms with Gasteiger partial charge in [-0.1, -0.05) is 0 Å². The van der Waals surface area contributed by atoms with E-state index in [9.17, 15) is 13.6 Å². The Morgan fingerprint density at radius 1 is 1.21 bits per heavy atom. The molecule has 102 valence electrons. The molecule has 0 aliphatic heterocycles. The van der Waals surface area contributed by atoms with E-state index in [1.54, 1.807) is 4.90 Å². The monoisotopic (exact) mass is 266 g/mol. The summed E-state index contributed by atoms with van der Waals surface area (Å²) in [4.78, 5) is 14.1. The topological polar surface area (TPSA) is 46.3 Å². The van der Waals surface area contributed by atoms with Crippen LogP contribution in [0.1, 0.15) is 36.0 Å². The molecular weight excluding hydrogens is 250 g/mol. The summed E-state index contributed by atoms with van der Waals surface area (Å²) in [5.74, 6) is -1.46. The summed E-state index contributed by atoms with van der Waals surface area (Å²) in [6.07, 6.45) is 4.25. The highest BCUT2D eigenvalue weighted by Gasteiger charge is 2.37. The standard InChI is InChI=1S/C14H16F2N2O/c15-11-5-9(6-12(16)13(11)17)14(19)18(10-3-4-10)7-8-1-2-8/h5-6,8,10H,1-4,7,17H2. The minimum atomic E-state index is -0.870. The molecule has 3 rings (SSSR count). The van der Waals surface area contributed by atoms with Crippen molar-refractivity contribution in [1.29, 1.82) is 0 Å². The van der Waals surface area contributed by atoms with Crippen molar-refractivity contribution in [3.63, 3.8) is 0 Å². The number of nitrogens with zero attached hydrogens (tertiary/aromatic N) is 1. The van der Waals surface area contributed by atoms with Gasteiger partial charge in [-0.05, 0) is 43.7 Å². The molecule has 19 heavy (non-hydrogen) atoms. The maximum atomic E-state index is 13.4. The van der Waals surface area contributed by atoms with Crippen LogP contribution in [0.3, 0.4) is 0 Å². The number of hydrogen-bond donors (Lipinski definition) is 1. The van der Waals surface area contributed by atoms with Crippen LogP contribution in [-0.4, -0.2) is 23.4 Å². The Balaban J connectivity index is 1.84. The number of nitrogens with two attached hydrogens (primary N) is 1. The van der Waals surface area contributed by atoms with Crippen molar-refractivity contribution in [3.05, 3.63) is 29.3 Å². The van der Waals surface area contributed by atoms with Crippen molar-refractivity contribution >= 4 is 11.6 Å². The van der Waals surface area contributed by atoms with E-state index in [4.69, 9.17) is 5.73 Å². The van der Waals surface area contributed by atoms with Crippen LogP contribution in [0.4, 0.5) is 14.5 Å². The maximum Gasteiger partial charge on any atom is 0.254 e. The highest BCUT2D eigenvalue weighted by molar-refractivity contribution is 5.95. The number of rotatable bonds is 4. The first-order valence-corrected chi connectivity index (χ1v) is 6.61. The van der Waals surface area contributed by atoms with Gasteiger partial charge in [0.15, 0.2) is 0 Å². The lowest BCUT2D eigenvalue weighted by Gasteiger charge is -2.22. The summed E-state index contributed by atoms with van der Waals surface area (Å²) < 4.78 is 26.8. The second-order valence-electron chi connectivity index (χ2n) is 5.49. The fourth-order valence-electron chi connectivity index (χ4n) is 2.24. The van der Waals surface area contributed by atoms with E-state index in [1.165, 1.54) is 0 Å². The molecule has 2 aliphatic carbocycles. The zero-order valence-electron chi connectivity index (χ0n) is 10.5. The molecule has 0 heterocycles. The molecule has 0 spiro atoms. The van der Waals surface area contributed by atoms with E-state index < -0.39 is 17.3 Å². The molecule has 1 aromatic carbocycles. The van der Waals surface area contributed by atoms with E-state index in [2.05, 4.69) is 0 Å². The predicted octanol–water partition coefficient (Wildman–Crippen LogP) is 2.56. The molecule has 0 aromatic heterocycles. The van der Waals surface area contributed by atoms with Crippen molar-refractivity contribution in [3.8, 4) is 0 Å².